The van der Waals surface area contributed by atoms with Crippen LogP contribution in [0, 0.1) is 5.92 Å². The SMILES string of the molecule is N[C@@H](CC1CC1)c1ccnc(Cl)c1Cl. The number of hydrogen-bond donors (Lipinski definition) is 1. The summed E-state index contributed by atoms with van der Waals surface area (Å²) in [7, 11) is 0. The fourth-order valence-electron chi connectivity index (χ4n) is 1.56. The van der Waals surface area contributed by atoms with Gasteiger partial charge in [-0.1, -0.05) is 36.0 Å². The van der Waals surface area contributed by atoms with E-state index in [1.54, 1.807) is 6.20 Å². The average molecular weight is 231 g/mol. The lowest BCUT2D eigenvalue weighted by Gasteiger charge is -2.13. The largest absolute Gasteiger partial charge is 0.324 e. The Morgan fingerprint density at radius 2 is 2.21 bits per heavy atom. The topological polar surface area (TPSA) is 38.9 Å². The van der Waals surface area contributed by atoms with Crippen molar-refractivity contribution in [2.24, 2.45) is 11.7 Å². The van der Waals surface area contributed by atoms with Crippen LogP contribution in [0.3, 0.4) is 0 Å². The maximum Gasteiger partial charge on any atom is 0.147 e. The molecule has 76 valence electrons. The van der Waals surface area contributed by atoms with Gasteiger partial charge in [0.2, 0.25) is 0 Å². The van der Waals surface area contributed by atoms with Crippen molar-refractivity contribution in [3.05, 3.63) is 28.0 Å². The first-order chi connectivity index (χ1) is 6.68. The van der Waals surface area contributed by atoms with E-state index >= 15 is 0 Å². The third-order valence-corrected chi connectivity index (χ3v) is 3.34. The smallest absolute Gasteiger partial charge is 0.147 e. The van der Waals surface area contributed by atoms with Crippen molar-refractivity contribution < 1.29 is 0 Å². The molecule has 0 bridgehead atoms. The fourth-order valence-corrected chi connectivity index (χ4v) is 1.98. The second-order valence-electron chi connectivity index (χ2n) is 3.79. The standard InChI is InChI=1S/C10H12Cl2N2/c11-9-7(3-4-14-10(9)12)8(13)5-6-1-2-6/h3-4,6,8H,1-2,5,13H2/t8-/m0/s1. The molecule has 1 fully saturated rings. The molecule has 0 unspecified atom stereocenters. The summed E-state index contributed by atoms with van der Waals surface area (Å²) in [5.74, 6) is 0.785. The zero-order valence-corrected chi connectivity index (χ0v) is 9.22. The zero-order valence-electron chi connectivity index (χ0n) is 7.71. The van der Waals surface area contributed by atoms with Gasteiger partial charge < -0.3 is 5.73 Å². The number of nitrogens with zero attached hydrogens (tertiary/aromatic N) is 1. The second kappa shape index (κ2) is 4.05. The van der Waals surface area contributed by atoms with E-state index in [-0.39, 0.29) is 6.04 Å². The van der Waals surface area contributed by atoms with E-state index in [0.717, 1.165) is 17.9 Å². The van der Waals surface area contributed by atoms with Gasteiger partial charge in [0.25, 0.3) is 0 Å². The van der Waals surface area contributed by atoms with Crippen molar-refractivity contribution in [3.8, 4) is 0 Å². The number of pyridine rings is 1. The monoisotopic (exact) mass is 230 g/mol. The third kappa shape index (κ3) is 2.19. The fraction of sp³-hybridized carbons (Fsp3) is 0.500. The number of rotatable bonds is 3. The molecule has 1 aliphatic carbocycles. The molecule has 0 aliphatic heterocycles. The number of nitrogens with two attached hydrogens (primary N) is 1. The Labute approximate surface area is 93.4 Å². The molecule has 1 aromatic rings. The molecule has 1 aliphatic rings. The maximum absolute atomic E-state index is 6.03. The van der Waals surface area contributed by atoms with Crippen LogP contribution < -0.4 is 5.73 Å². The minimum Gasteiger partial charge on any atom is -0.324 e. The highest BCUT2D eigenvalue weighted by atomic mass is 35.5. The molecule has 0 radical (unpaired) electrons. The predicted molar refractivity (Wildman–Crippen MR) is 58.5 cm³/mol. The summed E-state index contributed by atoms with van der Waals surface area (Å²) < 4.78 is 0. The molecule has 1 saturated carbocycles. The highest BCUT2D eigenvalue weighted by molar-refractivity contribution is 6.41. The summed E-state index contributed by atoms with van der Waals surface area (Å²) in [6, 6.07) is 1.84. The summed E-state index contributed by atoms with van der Waals surface area (Å²) in [4.78, 5) is 3.89. The molecule has 1 aromatic heterocycles. The first-order valence-electron chi connectivity index (χ1n) is 4.74. The van der Waals surface area contributed by atoms with Crippen LogP contribution in [0.1, 0.15) is 30.9 Å². The summed E-state index contributed by atoms with van der Waals surface area (Å²) >= 11 is 11.8. The Morgan fingerprint density at radius 1 is 1.50 bits per heavy atom. The van der Waals surface area contributed by atoms with Crippen LogP contribution in [0.5, 0.6) is 0 Å². The van der Waals surface area contributed by atoms with Crippen LogP contribution in [-0.2, 0) is 0 Å². The first kappa shape index (κ1) is 10.2. The van der Waals surface area contributed by atoms with Crippen molar-refractivity contribution in [3.63, 3.8) is 0 Å². The molecule has 2 N–H and O–H groups in total. The summed E-state index contributed by atoms with van der Waals surface area (Å²) in [6.07, 6.45) is 5.24. The minimum atomic E-state index is -0.00417. The maximum atomic E-state index is 6.03. The van der Waals surface area contributed by atoms with Crippen LogP contribution in [0.15, 0.2) is 12.3 Å². The van der Waals surface area contributed by atoms with Crippen LogP contribution in [0.2, 0.25) is 10.2 Å². The Morgan fingerprint density at radius 3 is 2.86 bits per heavy atom. The molecule has 0 spiro atoms. The highest BCUT2D eigenvalue weighted by Gasteiger charge is 2.25. The lowest BCUT2D eigenvalue weighted by Crippen LogP contribution is -2.11. The van der Waals surface area contributed by atoms with E-state index in [1.807, 2.05) is 6.07 Å². The summed E-state index contributed by atoms with van der Waals surface area (Å²) in [5, 5.41) is 0.845. The van der Waals surface area contributed by atoms with Crippen LogP contribution >= 0.6 is 23.2 Å². The molecular formula is C10H12Cl2N2. The van der Waals surface area contributed by atoms with Crippen LogP contribution in [0.4, 0.5) is 0 Å². The minimum absolute atomic E-state index is 0.00417. The van der Waals surface area contributed by atoms with Crippen molar-refractivity contribution in [2.75, 3.05) is 0 Å². The van der Waals surface area contributed by atoms with Gasteiger partial charge in [-0.3, -0.25) is 0 Å². The van der Waals surface area contributed by atoms with Gasteiger partial charge in [-0.15, -0.1) is 0 Å². The van der Waals surface area contributed by atoms with Gasteiger partial charge in [-0.25, -0.2) is 4.98 Å². The van der Waals surface area contributed by atoms with Gasteiger partial charge in [0.1, 0.15) is 5.15 Å². The molecule has 2 rings (SSSR count). The molecule has 14 heavy (non-hydrogen) atoms. The summed E-state index contributed by atoms with van der Waals surface area (Å²) in [5.41, 5.74) is 6.95. The van der Waals surface area contributed by atoms with Crippen molar-refractivity contribution in [1.82, 2.24) is 4.98 Å². The van der Waals surface area contributed by atoms with Crippen LogP contribution in [0.25, 0.3) is 0 Å². The molecule has 0 aromatic carbocycles. The van der Waals surface area contributed by atoms with Gasteiger partial charge in [0.05, 0.1) is 5.02 Å². The zero-order chi connectivity index (χ0) is 10.1. The van der Waals surface area contributed by atoms with E-state index in [2.05, 4.69) is 4.98 Å². The number of aromatic nitrogens is 1. The lowest BCUT2D eigenvalue weighted by atomic mass is 10.0. The molecule has 1 heterocycles. The lowest BCUT2D eigenvalue weighted by molar-refractivity contribution is 0.596. The van der Waals surface area contributed by atoms with Gasteiger partial charge >= 0.3 is 0 Å². The van der Waals surface area contributed by atoms with Gasteiger partial charge in [0, 0.05) is 12.2 Å². The second-order valence-corrected chi connectivity index (χ2v) is 4.53. The van der Waals surface area contributed by atoms with Crippen molar-refractivity contribution >= 4 is 23.2 Å². The molecule has 0 saturated heterocycles. The number of hydrogen-bond acceptors (Lipinski definition) is 2. The van der Waals surface area contributed by atoms with E-state index in [1.165, 1.54) is 12.8 Å². The molecular weight excluding hydrogens is 219 g/mol. The van der Waals surface area contributed by atoms with E-state index in [4.69, 9.17) is 28.9 Å². The summed E-state index contributed by atoms with van der Waals surface area (Å²) in [6.45, 7) is 0. The molecule has 0 amide bonds. The Kier molecular flexibility index (Phi) is 2.96. The molecule has 4 heteroatoms. The molecule has 2 nitrogen and oxygen atoms in total. The third-order valence-electron chi connectivity index (χ3n) is 2.56. The Bertz CT molecular complexity index is 337. The number of halogens is 2. The average Bonchev–Trinajstić information content (AvgIpc) is 2.93. The van der Waals surface area contributed by atoms with Gasteiger partial charge in [-0.2, -0.15) is 0 Å². The molecule has 1 atom stereocenters. The normalized spacial score (nSPS) is 18.2. The first-order valence-corrected chi connectivity index (χ1v) is 5.49. The van der Waals surface area contributed by atoms with Crippen molar-refractivity contribution in [1.29, 1.82) is 0 Å². The highest BCUT2D eigenvalue weighted by Crippen LogP contribution is 2.38. The van der Waals surface area contributed by atoms with Gasteiger partial charge in [-0.05, 0) is 24.0 Å². The van der Waals surface area contributed by atoms with Crippen LogP contribution in [-0.4, -0.2) is 4.98 Å². The Balaban J connectivity index is 2.16. The van der Waals surface area contributed by atoms with E-state index in [0.29, 0.717) is 10.2 Å². The van der Waals surface area contributed by atoms with E-state index < -0.39 is 0 Å². The van der Waals surface area contributed by atoms with E-state index in [9.17, 15) is 0 Å². The van der Waals surface area contributed by atoms with Gasteiger partial charge in [0.15, 0.2) is 0 Å². The quantitative estimate of drug-likeness (QED) is 0.811. The predicted octanol–water partition coefficient (Wildman–Crippen LogP) is 3.19. The van der Waals surface area contributed by atoms with Crippen molar-refractivity contribution in [2.45, 2.75) is 25.3 Å². The Hall–Kier alpha value is -0.310.